The van der Waals surface area contributed by atoms with E-state index in [-0.39, 0.29) is 11.9 Å². The molecular weight excluding hydrogens is 252 g/mol. The van der Waals surface area contributed by atoms with Crippen LogP contribution in [-0.2, 0) is 14.3 Å². The third-order valence-corrected chi connectivity index (χ3v) is 5.69. The van der Waals surface area contributed by atoms with E-state index in [1.165, 1.54) is 32.1 Å². The molecule has 2 atom stereocenters. The predicted molar refractivity (Wildman–Crippen MR) is 75.9 cm³/mol. The highest BCUT2D eigenvalue weighted by molar-refractivity contribution is 6.02. The lowest BCUT2D eigenvalue weighted by atomic mass is 9.55. The lowest BCUT2D eigenvalue weighted by Crippen LogP contribution is -2.46. The second-order valence-corrected chi connectivity index (χ2v) is 6.70. The Labute approximate surface area is 120 Å². The van der Waals surface area contributed by atoms with Crippen molar-refractivity contribution in [3.63, 3.8) is 0 Å². The van der Waals surface area contributed by atoms with E-state index < -0.39 is 10.8 Å². The molecule has 0 amide bonds. The standard InChI is InChI=1S/C17H24O3/c18-14-16-10-6-4-2-1-3-5-7-11-17(16,15(19)20-14)13-9-8-12-16/h8-9H,1-7,10-13H2/t16-,17+. The molecule has 0 N–H and O–H groups in total. The van der Waals surface area contributed by atoms with Gasteiger partial charge in [0.05, 0.1) is 10.8 Å². The van der Waals surface area contributed by atoms with Crippen LogP contribution in [0.15, 0.2) is 12.2 Å². The summed E-state index contributed by atoms with van der Waals surface area (Å²) in [5.74, 6) is -0.489. The predicted octanol–water partition coefficient (Wildman–Crippen LogP) is 3.92. The summed E-state index contributed by atoms with van der Waals surface area (Å²) in [6, 6.07) is 0. The van der Waals surface area contributed by atoms with E-state index in [2.05, 4.69) is 12.2 Å². The number of carbonyl (C=O) groups is 2. The van der Waals surface area contributed by atoms with Gasteiger partial charge in [-0.15, -0.1) is 0 Å². The Morgan fingerprint density at radius 3 is 1.55 bits per heavy atom. The van der Waals surface area contributed by atoms with Crippen LogP contribution in [0, 0.1) is 10.8 Å². The number of cyclic esters (lactones) is 2. The van der Waals surface area contributed by atoms with Crippen molar-refractivity contribution in [3.05, 3.63) is 12.2 Å². The van der Waals surface area contributed by atoms with Crippen molar-refractivity contribution in [1.82, 2.24) is 0 Å². The van der Waals surface area contributed by atoms with Crippen molar-refractivity contribution in [2.45, 2.75) is 70.6 Å². The maximum Gasteiger partial charge on any atom is 0.321 e. The van der Waals surface area contributed by atoms with E-state index in [1.54, 1.807) is 0 Å². The number of carbonyl (C=O) groups excluding carboxylic acids is 2. The molecule has 3 aliphatic rings. The topological polar surface area (TPSA) is 43.4 Å². The van der Waals surface area contributed by atoms with Gasteiger partial charge in [0.25, 0.3) is 0 Å². The van der Waals surface area contributed by atoms with Crippen LogP contribution in [0.1, 0.15) is 70.6 Å². The highest BCUT2D eigenvalue weighted by atomic mass is 16.6. The Kier molecular flexibility index (Phi) is 3.70. The molecule has 1 aliphatic heterocycles. The fraction of sp³-hybridized carbons (Fsp3) is 0.765. The van der Waals surface area contributed by atoms with Gasteiger partial charge in [-0.25, -0.2) is 0 Å². The largest absolute Gasteiger partial charge is 0.392 e. The minimum atomic E-state index is -0.552. The van der Waals surface area contributed by atoms with Gasteiger partial charge in [-0.3, -0.25) is 9.59 Å². The van der Waals surface area contributed by atoms with Gasteiger partial charge in [0.1, 0.15) is 0 Å². The molecule has 3 rings (SSSR count). The molecule has 1 saturated carbocycles. The van der Waals surface area contributed by atoms with E-state index in [9.17, 15) is 9.59 Å². The quantitative estimate of drug-likeness (QED) is 0.382. The number of hydrogen-bond acceptors (Lipinski definition) is 3. The zero-order chi connectivity index (χ0) is 14.1. The van der Waals surface area contributed by atoms with E-state index in [4.69, 9.17) is 4.74 Å². The highest BCUT2D eigenvalue weighted by Gasteiger charge is 2.66. The molecule has 3 heteroatoms. The molecule has 0 aromatic heterocycles. The number of ether oxygens (including phenoxy) is 1. The monoisotopic (exact) mass is 276 g/mol. The van der Waals surface area contributed by atoms with E-state index in [1.807, 2.05) is 0 Å². The first kappa shape index (κ1) is 13.8. The maximum absolute atomic E-state index is 12.4. The van der Waals surface area contributed by atoms with Crippen LogP contribution in [0.5, 0.6) is 0 Å². The Hall–Kier alpha value is -1.12. The molecule has 3 nitrogen and oxygen atoms in total. The van der Waals surface area contributed by atoms with Crippen LogP contribution in [0.25, 0.3) is 0 Å². The normalized spacial score (nSPS) is 38.6. The molecule has 110 valence electrons. The molecule has 1 saturated heterocycles. The van der Waals surface area contributed by atoms with Gasteiger partial charge in [0.2, 0.25) is 0 Å². The molecular formula is C17H24O3. The summed E-state index contributed by atoms with van der Waals surface area (Å²) in [6.45, 7) is 0. The molecule has 1 heterocycles. The number of esters is 2. The Morgan fingerprint density at radius 2 is 1.10 bits per heavy atom. The smallest absolute Gasteiger partial charge is 0.321 e. The molecule has 0 aromatic carbocycles. The van der Waals surface area contributed by atoms with E-state index in [0.717, 1.165) is 25.7 Å². The molecule has 0 spiro atoms. The number of hydrogen-bond donors (Lipinski definition) is 0. The minimum Gasteiger partial charge on any atom is -0.392 e. The average Bonchev–Trinajstić information content (AvgIpc) is 2.65. The molecule has 2 aliphatic carbocycles. The van der Waals surface area contributed by atoms with Gasteiger partial charge in [-0.2, -0.15) is 0 Å². The lowest BCUT2D eigenvalue weighted by molar-refractivity contribution is -0.156. The fourth-order valence-corrected chi connectivity index (χ4v) is 4.42. The fourth-order valence-electron chi connectivity index (χ4n) is 4.42. The number of allylic oxidation sites excluding steroid dienone is 2. The minimum absolute atomic E-state index is 0.244. The average molecular weight is 276 g/mol. The summed E-state index contributed by atoms with van der Waals surface area (Å²) < 4.78 is 5.14. The van der Waals surface area contributed by atoms with Crippen LogP contribution in [0.3, 0.4) is 0 Å². The summed E-state index contributed by atoms with van der Waals surface area (Å²) >= 11 is 0. The summed E-state index contributed by atoms with van der Waals surface area (Å²) in [5, 5.41) is 0. The Morgan fingerprint density at radius 1 is 0.700 bits per heavy atom. The number of rotatable bonds is 0. The second-order valence-electron chi connectivity index (χ2n) is 6.70. The summed E-state index contributed by atoms with van der Waals surface area (Å²) in [6.07, 6.45) is 15.4. The van der Waals surface area contributed by atoms with Gasteiger partial charge >= 0.3 is 11.9 Å². The van der Waals surface area contributed by atoms with Crippen molar-refractivity contribution in [2.24, 2.45) is 10.8 Å². The van der Waals surface area contributed by atoms with Gasteiger partial charge in [0.15, 0.2) is 0 Å². The van der Waals surface area contributed by atoms with Crippen molar-refractivity contribution in [3.8, 4) is 0 Å². The van der Waals surface area contributed by atoms with Gasteiger partial charge in [-0.05, 0) is 25.7 Å². The van der Waals surface area contributed by atoms with Crippen molar-refractivity contribution in [2.75, 3.05) is 0 Å². The molecule has 0 unspecified atom stereocenters. The van der Waals surface area contributed by atoms with Crippen molar-refractivity contribution < 1.29 is 14.3 Å². The molecule has 0 bridgehead atoms. The molecule has 0 radical (unpaired) electrons. The third kappa shape index (κ3) is 1.94. The maximum atomic E-state index is 12.4. The first-order valence-electron chi connectivity index (χ1n) is 8.13. The zero-order valence-electron chi connectivity index (χ0n) is 12.2. The summed E-state index contributed by atoms with van der Waals surface area (Å²) in [5.41, 5.74) is -1.10. The lowest BCUT2D eigenvalue weighted by Gasteiger charge is -2.41. The summed E-state index contributed by atoms with van der Waals surface area (Å²) in [4.78, 5) is 24.9. The highest BCUT2D eigenvalue weighted by Crippen LogP contribution is 2.59. The van der Waals surface area contributed by atoms with Crippen LogP contribution in [0.4, 0.5) is 0 Å². The van der Waals surface area contributed by atoms with E-state index >= 15 is 0 Å². The molecule has 20 heavy (non-hydrogen) atoms. The van der Waals surface area contributed by atoms with E-state index in [0.29, 0.717) is 12.8 Å². The van der Waals surface area contributed by atoms with Crippen LogP contribution in [0.2, 0.25) is 0 Å². The SMILES string of the molecule is O=C1OC(=O)[C@]23CC=CC[C@]12CCCCCCCCC3. The first-order chi connectivity index (χ1) is 9.71. The van der Waals surface area contributed by atoms with Crippen LogP contribution < -0.4 is 0 Å². The van der Waals surface area contributed by atoms with Gasteiger partial charge < -0.3 is 4.74 Å². The first-order valence-corrected chi connectivity index (χ1v) is 8.13. The second kappa shape index (κ2) is 5.34. The third-order valence-electron chi connectivity index (χ3n) is 5.69. The van der Waals surface area contributed by atoms with Crippen molar-refractivity contribution in [1.29, 1.82) is 0 Å². The Balaban J connectivity index is 1.97. The van der Waals surface area contributed by atoms with Crippen LogP contribution >= 0.6 is 0 Å². The Bertz CT molecular complexity index is 402. The van der Waals surface area contributed by atoms with Crippen molar-refractivity contribution >= 4 is 11.9 Å². The molecule has 0 aromatic rings. The summed E-state index contributed by atoms with van der Waals surface area (Å²) in [7, 11) is 0. The van der Waals surface area contributed by atoms with Gasteiger partial charge in [-0.1, -0.05) is 57.1 Å². The molecule has 2 fully saturated rings. The van der Waals surface area contributed by atoms with Crippen LogP contribution in [-0.4, -0.2) is 11.9 Å². The zero-order valence-corrected chi connectivity index (χ0v) is 12.2. The van der Waals surface area contributed by atoms with Gasteiger partial charge in [0, 0.05) is 0 Å².